The third-order valence-corrected chi connectivity index (χ3v) is 4.70. The molecule has 0 rings (SSSR count). The van der Waals surface area contributed by atoms with Crippen molar-refractivity contribution in [2.45, 2.75) is 93.4 Å². The molecule has 0 aromatic carbocycles. The topological polar surface area (TPSA) is 72.8 Å². The average Bonchev–Trinajstić information content (AvgIpc) is 2.55. The van der Waals surface area contributed by atoms with Crippen molar-refractivity contribution >= 4 is 34.7 Å². The van der Waals surface area contributed by atoms with E-state index in [1.807, 2.05) is 13.8 Å². The van der Waals surface area contributed by atoms with Crippen LogP contribution in [0.3, 0.4) is 0 Å². The SMILES string of the molecule is CC(C)CNC(=S)NC(C)(CC(C)C)N=NC(C)(CC(C)C)NC(=S)NCC(C)C. The molecule has 2 atom stereocenters. The van der Waals surface area contributed by atoms with Gasteiger partial charge in [0, 0.05) is 13.1 Å². The lowest BCUT2D eigenvalue weighted by molar-refractivity contribution is 0.279. The lowest BCUT2D eigenvalue weighted by Crippen LogP contribution is -2.52. The van der Waals surface area contributed by atoms with Crippen LogP contribution in [0.15, 0.2) is 10.2 Å². The summed E-state index contributed by atoms with van der Waals surface area (Å²) in [6.45, 7) is 23.1. The van der Waals surface area contributed by atoms with E-state index in [0.717, 1.165) is 25.9 Å². The Morgan fingerprint density at radius 2 is 0.933 bits per heavy atom. The normalized spacial score (nSPS) is 16.1. The minimum absolute atomic E-state index is 0.437. The Bertz CT molecular complexity index is 514. The van der Waals surface area contributed by atoms with E-state index in [0.29, 0.717) is 33.9 Å². The van der Waals surface area contributed by atoms with Gasteiger partial charge in [-0.25, -0.2) is 0 Å². The predicted octanol–water partition coefficient (Wildman–Crippen LogP) is 5.20. The summed E-state index contributed by atoms with van der Waals surface area (Å²) in [5.41, 5.74) is -1.19. The summed E-state index contributed by atoms with van der Waals surface area (Å²) in [5, 5.41) is 24.1. The number of azo groups is 1. The molecule has 0 heterocycles. The van der Waals surface area contributed by atoms with Gasteiger partial charge in [-0.15, -0.1) is 0 Å². The zero-order chi connectivity index (χ0) is 23.5. The molecule has 8 heteroatoms. The molecule has 0 aromatic rings. The first-order valence-electron chi connectivity index (χ1n) is 11.2. The van der Waals surface area contributed by atoms with Gasteiger partial charge in [-0.2, -0.15) is 10.2 Å². The Kier molecular flexibility index (Phi) is 12.9. The fourth-order valence-corrected chi connectivity index (χ4v) is 3.82. The van der Waals surface area contributed by atoms with Crippen LogP contribution in [0.25, 0.3) is 0 Å². The van der Waals surface area contributed by atoms with E-state index in [1.54, 1.807) is 0 Å². The van der Waals surface area contributed by atoms with Crippen molar-refractivity contribution in [1.82, 2.24) is 21.3 Å². The van der Waals surface area contributed by atoms with Crippen molar-refractivity contribution in [3.8, 4) is 0 Å². The van der Waals surface area contributed by atoms with Crippen LogP contribution in [0, 0.1) is 23.7 Å². The van der Waals surface area contributed by atoms with Crippen molar-refractivity contribution in [1.29, 1.82) is 0 Å². The number of nitrogens with one attached hydrogen (secondary N) is 4. The molecule has 2 unspecified atom stereocenters. The smallest absolute Gasteiger partial charge is 0.168 e. The maximum Gasteiger partial charge on any atom is 0.168 e. The van der Waals surface area contributed by atoms with Crippen LogP contribution in [0.4, 0.5) is 0 Å². The van der Waals surface area contributed by atoms with Crippen molar-refractivity contribution in [3.63, 3.8) is 0 Å². The van der Waals surface area contributed by atoms with Crippen molar-refractivity contribution in [3.05, 3.63) is 0 Å². The number of nitrogens with zero attached hydrogens (tertiary/aromatic N) is 2. The molecule has 0 aliphatic carbocycles. The molecule has 0 spiro atoms. The Morgan fingerprint density at radius 3 is 1.17 bits per heavy atom. The van der Waals surface area contributed by atoms with Gasteiger partial charge in [0.05, 0.1) is 0 Å². The molecule has 0 fully saturated rings. The monoisotopic (exact) mass is 458 g/mol. The summed E-state index contributed by atoms with van der Waals surface area (Å²) in [6.07, 6.45) is 1.63. The second-order valence-corrected chi connectivity index (χ2v) is 11.2. The van der Waals surface area contributed by atoms with Crippen LogP contribution in [-0.4, -0.2) is 34.6 Å². The Morgan fingerprint density at radius 1 is 0.633 bits per heavy atom. The zero-order valence-electron chi connectivity index (χ0n) is 20.8. The summed E-state index contributed by atoms with van der Waals surface area (Å²) in [5.74, 6) is 1.90. The lowest BCUT2D eigenvalue weighted by Gasteiger charge is -2.33. The molecule has 0 saturated carbocycles. The standard InChI is InChI=1S/C22H46N6S2/c1-15(2)11-21(9,25-19(29)23-13-17(5)6)27-28-22(10,12-16(3)4)26-20(30)24-14-18(7)8/h15-18H,11-14H2,1-10H3,(H2,23,25,29)(H2,24,26,30). The maximum atomic E-state index is 5.51. The van der Waals surface area contributed by atoms with Gasteiger partial charge in [0.2, 0.25) is 0 Å². The zero-order valence-corrected chi connectivity index (χ0v) is 22.5. The summed E-state index contributed by atoms with van der Waals surface area (Å²) in [4.78, 5) is 0. The third-order valence-electron chi connectivity index (χ3n) is 4.21. The first kappa shape index (κ1) is 29.0. The second kappa shape index (κ2) is 13.4. The fourth-order valence-electron chi connectivity index (χ4n) is 3.22. The summed E-state index contributed by atoms with van der Waals surface area (Å²) in [6, 6.07) is 0. The van der Waals surface area contributed by atoms with Gasteiger partial charge in [-0.1, -0.05) is 55.4 Å². The highest BCUT2D eigenvalue weighted by Gasteiger charge is 2.31. The maximum absolute atomic E-state index is 5.51. The van der Waals surface area contributed by atoms with Crippen LogP contribution in [0.5, 0.6) is 0 Å². The van der Waals surface area contributed by atoms with Crippen molar-refractivity contribution < 1.29 is 0 Å². The highest BCUT2D eigenvalue weighted by molar-refractivity contribution is 7.80. The molecule has 0 amide bonds. The molecule has 176 valence electrons. The molecule has 0 aliphatic heterocycles. The molecule has 0 aromatic heterocycles. The largest absolute Gasteiger partial charge is 0.362 e. The quantitative estimate of drug-likeness (QED) is 0.238. The van der Waals surface area contributed by atoms with Crippen molar-refractivity contribution in [2.75, 3.05) is 13.1 Å². The lowest BCUT2D eigenvalue weighted by atomic mass is 9.99. The second-order valence-electron chi connectivity index (χ2n) is 10.4. The van der Waals surface area contributed by atoms with E-state index < -0.39 is 11.3 Å². The van der Waals surface area contributed by atoms with E-state index in [1.165, 1.54) is 0 Å². The number of thiocarbonyl (C=S) groups is 2. The molecule has 0 radical (unpaired) electrons. The number of hydrogen-bond donors (Lipinski definition) is 4. The van der Waals surface area contributed by atoms with E-state index >= 15 is 0 Å². The Hall–Kier alpha value is -1.02. The van der Waals surface area contributed by atoms with Crippen LogP contribution in [-0.2, 0) is 0 Å². The van der Waals surface area contributed by atoms with Crippen LogP contribution in [0.2, 0.25) is 0 Å². The summed E-state index contributed by atoms with van der Waals surface area (Å²) >= 11 is 11.0. The van der Waals surface area contributed by atoms with Gasteiger partial charge in [0.15, 0.2) is 10.2 Å². The Labute approximate surface area is 196 Å². The molecule has 30 heavy (non-hydrogen) atoms. The van der Waals surface area contributed by atoms with Gasteiger partial charge in [0.1, 0.15) is 11.3 Å². The fraction of sp³-hybridized carbons (Fsp3) is 0.909. The van der Waals surface area contributed by atoms with Gasteiger partial charge in [0.25, 0.3) is 0 Å². The highest BCUT2D eigenvalue weighted by Crippen LogP contribution is 2.24. The summed E-state index contributed by atoms with van der Waals surface area (Å²) < 4.78 is 0. The van der Waals surface area contributed by atoms with Gasteiger partial charge in [-0.3, -0.25) is 0 Å². The molecule has 6 nitrogen and oxygen atoms in total. The minimum atomic E-state index is -0.595. The van der Waals surface area contributed by atoms with Gasteiger partial charge >= 0.3 is 0 Å². The highest BCUT2D eigenvalue weighted by atomic mass is 32.1. The summed E-state index contributed by atoms with van der Waals surface area (Å²) in [7, 11) is 0. The van der Waals surface area contributed by atoms with E-state index in [9.17, 15) is 0 Å². The Balaban J connectivity index is 5.47. The third kappa shape index (κ3) is 14.1. The molecule has 0 bridgehead atoms. The molecule has 0 saturated heterocycles. The first-order chi connectivity index (χ1) is 13.7. The van der Waals surface area contributed by atoms with Crippen LogP contribution >= 0.6 is 24.4 Å². The van der Waals surface area contributed by atoms with Gasteiger partial charge in [-0.05, 0) is 74.8 Å². The van der Waals surface area contributed by atoms with Crippen molar-refractivity contribution in [2.24, 2.45) is 33.9 Å². The first-order valence-corrected chi connectivity index (χ1v) is 12.0. The van der Waals surface area contributed by atoms with Crippen LogP contribution in [0.1, 0.15) is 82.1 Å². The molecule has 0 aliphatic rings. The number of hydrogen-bond acceptors (Lipinski definition) is 4. The average molecular weight is 459 g/mol. The minimum Gasteiger partial charge on any atom is -0.362 e. The number of rotatable bonds is 12. The molecular formula is C22H46N6S2. The molecular weight excluding hydrogens is 412 g/mol. The van der Waals surface area contributed by atoms with E-state index in [4.69, 9.17) is 34.7 Å². The van der Waals surface area contributed by atoms with E-state index in [-0.39, 0.29) is 0 Å². The molecule has 4 N–H and O–H groups in total. The van der Waals surface area contributed by atoms with E-state index in [2.05, 4.69) is 76.7 Å². The predicted molar refractivity (Wildman–Crippen MR) is 138 cm³/mol. The van der Waals surface area contributed by atoms with Crippen LogP contribution < -0.4 is 21.3 Å². The van der Waals surface area contributed by atoms with Gasteiger partial charge < -0.3 is 21.3 Å².